The Bertz CT molecular complexity index is 10200. The zero-order valence-electron chi connectivity index (χ0n) is 76.1. The third kappa shape index (κ3) is 13.6. The van der Waals surface area contributed by atoms with E-state index in [1.807, 2.05) is 34.0 Å². The Hall–Kier alpha value is -17.7. The van der Waals surface area contributed by atoms with Crippen molar-refractivity contribution in [3.05, 3.63) is 491 Å². The van der Waals surface area contributed by atoms with Crippen LogP contribution >= 0.6 is 34.0 Å². The van der Waals surface area contributed by atoms with Crippen molar-refractivity contribution < 1.29 is 13.3 Å². The summed E-state index contributed by atoms with van der Waals surface area (Å²) in [5.74, 6) is 0. The van der Waals surface area contributed by atoms with Gasteiger partial charge in [0, 0.05) is 115 Å². The summed E-state index contributed by atoms with van der Waals surface area (Å²) in [7, 11) is 0. The van der Waals surface area contributed by atoms with Gasteiger partial charge in [-0.25, -0.2) is 0 Å². The highest BCUT2D eigenvalue weighted by Crippen LogP contribution is 2.52. The number of hydrogen-bond donors (Lipinski definition) is 0. The van der Waals surface area contributed by atoms with Gasteiger partial charge in [-0.15, -0.1) is 34.0 Å². The predicted molar refractivity (Wildman–Crippen MR) is 599 cm³/mol. The first kappa shape index (κ1) is 81.6. The summed E-state index contributed by atoms with van der Waals surface area (Å²) in [6.07, 6.45) is 0. The highest BCUT2D eigenvalue weighted by atomic mass is 32.1. The first-order valence-electron chi connectivity index (χ1n) is 47.8. The van der Waals surface area contributed by atoms with Gasteiger partial charge in [0.25, 0.3) is 0 Å². The highest BCUT2D eigenvalue weighted by molar-refractivity contribution is 7.27. The molecular weight excluding hydrogens is 1770 g/mol. The number of hydrogen-bond acceptors (Lipinski definition) is 6. The van der Waals surface area contributed by atoms with Crippen molar-refractivity contribution in [1.82, 2.24) is 13.7 Å². The smallest absolute Gasteiger partial charge is 0.161 e. The minimum absolute atomic E-state index is 0.893. The van der Waals surface area contributed by atoms with Gasteiger partial charge in [-0.2, -0.15) is 0 Å². The zero-order valence-corrected chi connectivity index (χ0v) is 78.5. The molecule has 141 heavy (non-hydrogen) atoms. The van der Waals surface area contributed by atoms with Crippen LogP contribution in [-0.2, 0) is 0 Å². The molecule has 0 N–H and O–H groups in total. The second-order valence-corrected chi connectivity index (χ2v) is 39.4. The minimum atomic E-state index is 0.893. The fourth-order valence-corrected chi connectivity index (χ4v) is 25.5. The van der Waals surface area contributed by atoms with Crippen LogP contribution in [0.3, 0.4) is 0 Å². The van der Waals surface area contributed by atoms with E-state index in [1.165, 1.54) is 144 Å². The van der Waals surface area contributed by atoms with E-state index in [0.29, 0.717) is 0 Å². The highest BCUT2D eigenvalue weighted by Gasteiger charge is 2.27. The zero-order chi connectivity index (χ0) is 92.7. The molecule has 9 heteroatoms. The normalized spacial score (nSPS) is 11.8. The van der Waals surface area contributed by atoms with Crippen LogP contribution < -0.4 is 0 Å². The molecule has 0 amide bonds. The van der Waals surface area contributed by atoms with Gasteiger partial charge in [0.2, 0.25) is 0 Å². The van der Waals surface area contributed by atoms with E-state index >= 15 is 0 Å². The monoisotopic (exact) mass is 1850 g/mol. The van der Waals surface area contributed by atoms with Crippen molar-refractivity contribution in [2.75, 3.05) is 0 Å². The van der Waals surface area contributed by atoms with E-state index in [2.05, 4.69) is 505 Å². The topological polar surface area (TPSA) is 54.2 Å². The second-order valence-electron chi connectivity index (χ2n) is 36.3. The van der Waals surface area contributed by atoms with E-state index in [1.54, 1.807) is 0 Å². The molecule has 0 spiro atoms. The number of nitrogens with zero attached hydrogens (tertiary/aromatic N) is 3. The van der Waals surface area contributed by atoms with Crippen molar-refractivity contribution in [3.8, 4) is 117 Å². The van der Waals surface area contributed by atoms with Crippen LogP contribution in [-0.4, -0.2) is 13.7 Å². The van der Waals surface area contributed by atoms with Gasteiger partial charge in [0.05, 0.1) is 16.6 Å². The molecule has 0 unspecified atom stereocenters. The third-order valence-corrected chi connectivity index (χ3v) is 31.8. The summed E-state index contributed by atoms with van der Waals surface area (Å²) in [6.45, 7) is 0. The Morgan fingerprint density at radius 3 is 0.936 bits per heavy atom. The maximum atomic E-state index is 6.73. The first-order chi connectivity index (χ1) is 69.9. The molecule has 30 aromatic rings. The van der Waals surface area contributed by atoms with Crippen molar-refractivity contribution >= 4 is 193 Å². The Morgan fingerprint density at radius 1 is 0.156 bits per heavy atom. The summed E-state index contributed by atoms with van der Waals surface area (Å²) in [5, 5.41) is 14.5. The summed E-state index contributed by atoms with van der Waals surface area (Å²) >= 11 is 5.63. The third-order valence-electron chi connectivity index (χ3n) is 28.3. The van der Waals surface area contributed by atoms with Gasteiger partial charge in [-0.3, -0.25) is 0 Å². The number of aromatic nitrogens is 3. The first-order valence-corrected chi connectivity index (χ1v) is 50.2. The largest absolute Gasteiger partial charge is 0.454 e. The Labute approximate surface area is 822 Å². The maximum Gasteiger partial charge on any atom is 0.161 e. The number of rotatable bonds is 12. The average Bonchev–Trinajstić information content (AvgIpc) is 1.56. The molecule has 0 saturated carbocycles. The Morgan fingerprint density at radius 2 is 0.468 bits per heavy atom. The van der Waals surface area contributed by atoms with Crippen LogP contribution in [0.25, 0.3) is 277 Å². The van der Waals surface area contributed by atoms with Crippen molar-refractivity contribution in [3.63, 3.8) is 0 Å². The fourth-order valence-electron chi connectivity index (χ4n) is 21.9. The number of furan rings is 3. The number of fused-ring (bicyclic) bond motifs is 24. The molecule has 21 aromatic carbocycles. The van der Waals surface area contributed by atoms with E-state index in [9.17, 15) is 0 Å². The lowest BCUT2D eigenvalue weighted by atomic mass is 9.91. The van der Waals surface area contributed by atoms with Crippen LogP contribution in [0.2, 0.25) is 0 Å². The lowest BCUT2D eigenvalue weighted by Gasteiger charge is -2.12. The second kappa shape index (κ2) is 33.6. The van der Waals surface area contributed by atoms with Crippen LogP contribution in [0.5, 0.6) is 0 Å². The lowest BCUT2D eigenvalue weighted by molar-refractivity contribution is 0.672. The molecule has 0 atom stereocenters. The molecule has 6 nitrogen and oxygen atoms in total. The van der Waals surface area contributed by atoms with Crippen LogP contribution in [0.15, 0.2) is 505 Å². The summed E-state index contributed by atoms with van der Waals surface area (Å²) in [5.41, 5.74) is 37.5. The van der Waals surface area contributed by atoms with E-state index < -0.39 is 0 Å². The number of benzene rings is 21. The predicted octanol–water partition coefficient (Wildman–Crippen LogP) is 38.7. The van der Waals surface area contributed by atoms with E-state index in [0.717, 1.165) is 133 Å². The van der Waals surface area contributed by atoms with Crippen molar-refractivity contribution in [2.24, 2.45) is 0 Å². The molecule has 660 valence electrons. The summed E-state index contributed by atoms with van der Waals surface area (Å²) in [4.78, 5) is 0. The molecule has 30 rings (SSSR count). The molecule has 0 radical (unpaired) electrons. The molecule has 0 aliphatic carbocycles. The van der Waals surface area contributed by atoms with E-state index in [-0.39, 0.29) is 0 Å². The number of thiophene rings is 3. The van der Waals surface area contributed by atoms with Crippen molar-refractivity contribution in [2.45, 2.75) is 0 Å². The van der Waals surface area contributed by atoms with E-state index in [4.69, 9.17) is 13.3 Å². The molecule has 0 aliphatic heterocycles. The Balaban J connectivity index is 0.000000104. The van der Waals surface area contributed by atoms with Crippen LogP contribution in [0, 0.1) is 0 Å². The maximum absolute atomic E-state index is 6.73. The van der Waals surface area contributed by atoms with Gasteiger partial charge in [0.15, 0.2) is 16.7 Å². The Kier molecular flexibility index (Phi) is 19.5. The van der Waals surface area contributed by atoms with Gasteiger partial charge >= 0.3 is 0 Å². The lowest BCUT2D eigenvalue weighted by Crippen LogP contribution is -1.92. The van der Waals surface area contributed by atoms with Gasteiger partial charge < -0.3 is 27.0 Å². The molecular formula is C132H81N3O3S3. The van der Waals surface area contributed by atoms with Gasteiger partial charge in [-0.1, -0.05) is 352 Å². The molecule has 0 bridgehead atoms. The molecule has 0 fully saturated rings. The quantitative estimate of drug-likeness (QED) is 0.122. The SMILES string of the molecule is c1ccc(-c2ccc3c(c2)sc2cc(-c4ccccc4-c4ccc5c(c4)oc4c6ccccc6n(-c6ccccc6)c54)ccc23)cc1.c1ccc(-c2ccc3sc4c(-c5ccccc5-c5ccc6c(c5)oc5c7ccccc7n(-c7ccccc7)c65)cccc4c3c2)cc1.c1ccc(-c2cccc3c2sc2cccc(-c4ccccc4-c4ccc5c(c4)oc4c6ccccc6n(-c6ccccc6)c54)c23)cc1. The van der Waals surface area contributed by atoms with Gasteiger partial charge in [0.1, 0.15) is 33.3 Å². The van der Waals surface area contributed by atoms with Crippen LogP contribution in [0.1, 0.15) is 0 Å². The van der Waals surface area contributed by atoms with Crippen LogP contribution in [0.4, 0.5) is 0 Å². The summed E-state index contributed by atoms with van der Waals surface area (Å²) in [6, 6.07) is 176. The minimum Gasteiger partial charge on any atom is -0.454 e. The van der Waals surface area contributed by atoms with Gasteiger partial charge in [-0.05, 0) is 234 Å². The molecule has 0 saturated heterocycles. The summed E-state index contributed by atoms with van der Waals surface area (Å²) < 4.78 is 35.0. The van der Waals surface area contributed by atoms with Crippen molar-refractivity contribution in [1.29, 1.82) is 0 Å². The number of para-hydroxylation sites is 6. The molecule has 0 aliphatic rings. The average molecular weight is 1850 g/mol. The molecule has 9 heterocycles. The standard InChI is InChI=1S/3C44H27NOS/c1-3-13-28(14-4-1)32-20-11-22-37-41-34(21-12-24-40(41)47-44(32)37)33-18-8-7-17-31(33)29-25-26-36-39(27-29)46-43-35-19-9-10-23-38(35)45(42(36)43)30-15-5-2-6-16-30;1-3-12-28(13-4-1)29-23-25-41-38(26-29)35-20-11-19-34(44(35)47-41)33-17-8-7-16-32(33)30-22-24-37-40(27-30)46-43-36-18-9-10-21-39(36)45(42(37)43)31-14-5-2-6-15-31;1-3-11-28(12-4-1)29-19-22-35-36-23-20-31(27-42(36)47-41(35)26-29)34-16-8-7-15-33(34)30-21-24-38-40(25-30)46-44-37-17-9-10-18-39(37)45(43(38)44)32-13-5-2-6-14-32/h3*1-27H. The molecule has 9 aromatic heterocycles. The fraction of sp³-hybridized carbons (Fsp3) is 0.